The van der Waals surface area contributed by atoms with Crippen molar-refractivity contribution in [2.24, 2.45) is 0 Å². The normalized spacial score (nSPS) is 14.3. The second-order valence-electron chi connectivity index (χ2n) is 8.05. The Morgan fingerprint density at radius 3 is 2.52 bits per heavy atom. The van der Waals surface area contributed by atoms with E-state index in [-0.39, 0.29) is 5.91 Å². The van der Waals surface area contributed by atoms with Crippen LogP contribution in [0.2, 0.25) is 0 Å². The van der Waals surface area contributed by atoms with Crippen LogP contribution in [0.3, 0.4) is 0 Å². The number of aryl methyl sites for hydroxylation is 1. The molecule has 1 saturated heterocycles. The number of anilines is 1. The number of hydrogen-bond acceptors (Lipinski definition) is 4. The highest BCUT2D eigenvalue weighted by molar-refractivity contribution is 6.07. The number of nitrogens with zero attached hydrogens (tertiary/aromatic N) is 3. The topological polar surface area (TPSA) is 49.6 Å². The zero-order valence-corrected chi connectivity index (χ0v) is 17.8. The smallest absolute Gasteiger partial charge is 0.254 e. The maximum absolute atomic E-state index is 13.5. The van der Waals surface area contributed by atoms with E-state index >= 15 is 0 Å². The summed E-state index contributed by atoms with van der Waals surface area (Å²) in [6.07, 6.45) is 1.63. The second kappa shape index (κ2) is 7.91. The number of fused-ring (bicyclic) bond motifs is 1. The van der Waals surface area contributed by atoms with E-state index in [0.717, 1.165) is 24.0 Å². The van der Waals surface area contributed by atoms with Crippen LogP contribution < -0.4 is 4.90 Å². The summed E-state index contributed by atoms with van der Waals surface area (Å²) in [6.45, 7) is 7.34. The molecular formula is C26H25N3O2. The van der Waals surface area contributed by atoms with Crippen LogP contribution in [0.25, 0.3) is 22.4 Å². The van der Waals surface area contributed by atoms with Crippen LogP contribution in [0.5, 0.6) is 0 Å². The highest BCUT2D eigenvalue weighted by atomic mass is 16.3. The highest BCUT2D eigenvalue weighted by Crippen LogP contribution is 2.28. The monoisotopic (exact) mass is 411 g/mol. The van der Waals surface area contributed by atoms with Crippen molar-refractivity contribution in [1.29, 1.82) is 0 Å². The molecule has 5 rings (SSSR count). The van der Waals surface area contributed by atoms with Crippen molar-refractivity contribution in [3.63, 3.8) is 0 Å². The Bertz CT molecular complexity index is 1240. The first-order valence-electron chi connectivity index (χ1n) is 10.7. The lowest BCUT2D eigenvalue weighted by atomic mass is 10.0. The molecule has 3 heterocycles. The summed E-state index contributed by atoms with van der Waals surface area (Å²) >= 11 is 0. The minimum absolute atomic E-state index is 0.0482. The molecule has 2 aromatic heterocycles. The Morgan fingerprint density at radius 2 is 1.74 bits per heavy atom. The van der Waals surface area contributed by atoms with Crippen molar-refractivity contribution >= 4 is 22.5 Å². The van der Waals surface area contributed by atoms with E-state index in [1.165, 1.54) is 16.8 Å². The molecule has 0 atom stereocenters. The molecule has 1 aliphatic rings. The van der Waals surface area contributed by atoms with Gasteiger partial charge in [0.2, 0.25) is 0 Å². The third kappa shape index (κ3) is 3.56. The molecule has 4 aromatic rings. The molecule has 0 aliphatic carbocycles. The minimum atomic E-state index is 0.0482. The fourth-order valence-corrected chi connectivity index (χ4v) is 4.30. The van der Waals surface area contributed by atoms with Gasteiger partial charge in [0, 0.05) is 37.3 Å². The number of carbonyl (C=O) groups is 1. The summed E-state index contributed by atoms with van der Waals surface area (Å²) in [5.74, 6) is 0.714. The van der Waals surface area contributed by atoms with E-state index in [1.54, 1.807) is 6.26 Å². The molecule has 2 aromatic carbocycles. The van der Waals surface area contributed by atoms with Gasteiger partial charge in [-0.05, 0) is 55.3 Å². The summed E-state index contributed by atoms with van der Waals surface area (Å²) in [6, 6.07) is 19.8. The molecule has 5 heteroatoms. The summed E-state index contributed by atoms with van der Waals surface area (Å²) in [4.78, 5) is 22.6. The van der Waals surface area contributed by atoms with Crippen LogP contribution in [-0.2, 0) is 0 Å². The number of furan rings is 1. The van der Waals surface area contributed by atoms with Gasteiger partial charge >= 0.3 is 0 Å². The first kappa shape index (κ1) is 19.4. The predicted octanol–water partition coefficient (Wildman–Crippen LogP) is 5.07. The zero-order chi connectivity index (χ0) is 21.4. The van der Waals surface area contributed by atoms with Crippen LogP contribution in [0.15, 0.2) is 71.3 Å². The van der Waals surface area contributed by atoms with E-state index < -0.39 is 0 Å². The third-order valence-corrected chi connectivity index (χ3v) is 6.20. The average molecular weight is 412 g/mol. The molecule has 0 saturated carbocycles. The molecule has 0 bridgehead atoms. The Kier molecular flexibility index (Phi) is 4.94. The molecule has 0 N–H and O–H groups in total. The summed E-state index contributed by atoms with van der Waals surface area (Å²) < 4.78 is 5.54. The Labute approximate surface area is 181 Å². The summed E-state index contributed by atoms with van der Waals surface area (Å²) in [5.41, 5.74) is 6.03. The summed E-state index contributed by atoms with van der Waals surface area (Å²) in [7, 11) is 0. The Hall–Kier alpha value is -3.60. The van der Waals surface area contributed by atoms with Gasteiger partial charge in [-0.3, -0.25) is 4.79 Å². The van der Waals surface area contributed by atoms with Crippen LogP contribution in [0, 0.1) is 13.8 Å². The molecular weight excluding hydrogens is 386 g/mol. The van der Waals surface area contributed by atoms with Gasteiger partial charge in [-0.2, -0.15) is 0 Å². The lowest BCUT2D eigenvalue weighted by Gasteiger charge is -2.37. The van der Waals surface area contributed by atoms with Gasteiger partial charge in [0.1, 0.15) is 5.69 Å². The fraction of sp³-hybridized carbons (Fsp3) is 0.231. The molecule has 31 heavy (non-hydrogen) atoms. The number of rotatable bonds is 3. The first-order valence-corrected chi connectivity index (χ1v) is 10.7. The fourth-order valence-electron chi connectivity index (χ4n) is 4.30. The van der Waals surface area contributed by atoms with E-state index in [2.05, 4.69) is 36.9 Å². The quantitative estimate of drug-likeness (QED) is 0.472. The number of para-hydroxylation sites is 1. The number of aromatic nitrogens is 1. The number of piperazine rings is 1. The van der Waals surface area contributed by atoms with E-state index in [9.17, 15) is 4.79 Å². The van der Waals surface area contributed by atoms with E-state index in [4.69, 9.17) is 9.40 Å². The number of hydrogen-bond donors (Lipinski definition) is 0. The first-order chi connectivity index (χ1) is 15.1. The van der Waals surface area contributed by atoms with Crippen molar-refractivity contribution in [3.8, 4) is 11.5 Å². The summed E-state index contributed by atoms with van der Waals surface area (Å²) in [5, 5.41) is 0.875. The van der Waals surface area contributed by atoms with Crippen LogP contribution >= 0.6 is 0 Å². The van der Waals surface area contributed by atoms with Crippen molar-refractivity contribution in [3.05, 3.63) is 83.6 Å². The Balaban J connectivity index is 1.43. The molecule has 1 amide bonds. The van der Waals surface area contributed by atoms with Crippen LogP contribution in [-0.4, -0.2) is 42.0 Å². The maximum atomic E-state index is 13.5. The SMILES string of the molecule is Cc1cccc(N2CCN(C(=O)c3cc(-c4ccco4)nc4ccccc34)CC2)c1C. The third-order valence-electron chi connectivity index (χ3n) is 6.20. The molecule has 0 spiro atoms. The van der Waals surface area contributed by atoms with Crippen LogP contribution in [0.4, 0.5) is 5.69 Å². The van der Waals surface area contributed by atoms with Crippen molar-refractivity contribution in [2.45, 2.75) is 13.8 Å². The highest BCUT2D eigenvalue weighted by Gasteiger charge is 2.25. The molecule has 156 valence electrons. The molecule has 5 nitrogen and oxygen atoms in total. The van der Waals surface area contributed by atoms with Gasteiger partial charge in [-0.25, -0.2) is 4.98 Å². The molecule has 1 aliphatic heterocycles. The van der Waals surface area contributed by atoms with Crippen molar-refractivity contribution in [1.82, 2.24) is 9.88 Å². The van der Waals surface area contributed by atoms with Crippen molar-refractivity contribution < 1.29 is 9.21 Å². The average Bonchev–Trinajstić information content (AvgIpc) is 3.35. The minimum Gasteiger partial charge on any atom is -0.463 e. The van der Waals surface area contributed by atoms with Gasteiger partial charge in [-0.1, -0.05) is 30.3 Å². The lowest BCUT2D eigenvalue weighted by Crippen LogP contribution is -2.49. The van der Waals surface area contributed by atoms with Gasteiger partial charge in [0.25, 0.3) is 5.91 Å². The number of amides is 1. The lowest BCUT2D eigenvalue weighted by molar-refractivity contribution is 0.0748. The molecule has 0 radical (unpaired) electrons. The maximum Gasteiger partial charge on any atom is 0.254 e. The van der Waals surface area contributed by atoms with Gasteiger partial charge in [-0.15, -0.1) is 0 Å². The zero-order valence-electron chi connectivity index (χ0n) is 17.8. The van der Waals surface area contributed by atoms with Crippen molar-refractivity contribution in [2.75, 3.05) is 31.1 Å². The number of carbonyl (C=O) groups excluding carboxylic acids is 1. The largest absolute Gasteiger partial charge is 0.463 e. The Morgan fingerprint density at radius 1 is 0.935 bits per heavy atom. The van der Waals surface area contributed by atoms with Gasteiger partial charge in [0.05, 0.1) is 17.3 Å². The van der Waals surface area contributed by atoms with E-state index in [0.29, 0.717) is 30.1 Å². The van der Waals surface area contributed by atoms with Crippen LogP contribution in [0.1, 0.15) is 21.5 Å². The van der Waals surface area contributed by atoms with Gasteiger partial charge in [0.15, 0.2) is 5.76 Å². The standard InChI is InChI=1S/C26H25N3O2/c1-18-7-5-10-24(19(18)2)28-12-14-29(15-13-28)26(30)21-17-23(25-11-6-16-31-25)27-22-9-4-3-8-20(21)22/h3-11,16-17H,12-15H2,1-2H3. The number of benzene rings is 2. The van der Waals surface area contributed by atoms with E-state index in [1.807, 2.05) is 47.4 Å². The predicted molar refractivity (Wildman–Crippen MR) is 123 cm³/mol. The second-order valence-corrected chi connectivity index (χ2v) is 8.05. The molecule has 1 fully saturated rings. The van der Waals surface area contributed by atoms with Gasteiger partial charge < -0.3 is 14.2 Å². The number of pyridine rings is 1. The molecule has 0 unspecified atom stereocenters.